The largest absolute Gasteiger partial charge is 0.415 e. The van der Waals surface area contributed by atoms with Crippen LogP contribution < -0.4 is 0 Å². The Bertz CT molecular complexity index is 467. The van der Waals surface area contributed by atoms with Gasteiger partial charge in [0.05, 0.1) is 12.7 Å². The molecular weight excluding hydrogens is 425 g/mol. The summed E-state index contributed by atoms with van der Waals surface area (Å²) in [5, 5.41) is 0. The lowest BCUT2D eigenvalue weighted by molar-refractivity contribution is 0.0246. The standard InChI is InChI=1S/C27H60OSi3/c1-10-12-14-16-18-20-22-24-26(23-21-19-17-15-13-11-2)27(3)25-29(4,5)31(8,9)30(6,7)28-27/h26H,10-25H2,1-9H3. The van der Waals surface area contributed by atoms with Gasteiger partial charge in [-0.2, -0.15) is 0 Å². The monoisotopic (exact) mass is 484 g/mol. The molecule has 0 amide bonds. The predicted molar refractivity (Wildman–Crippen MR) is 151 cm³/mol. The molecule has 1 heterocycles. The zero-order valence-corrected chi connectivity index (χ0v) is 26.3. The first-order valence-corrected chi connectivity index (χ1v) is 25.3. The summed E-state index contributed by atoms with van der Waals surface area (Å²) in [5.74, 6) is 0.790. The highest BCUT2D eigenvalue weighted by Gasteiger charge is 2.62. The van der Waals surface area contributed by atoms with E-state index in [2.05, 4.69) is 60.1 Å². The highest BCUT2D eigenvalue weighted by Crippen LogP contribution is 2.49. The first-order valence-electron chi connectivity index (χ1n) is 14.1. The second kappa shape index (κ2) is 13.5. The molecule has 1 fully saturated rings. The maximum atomic E-state index is 7.32. The van der Waals surface area contributed by atoms with Crippen LogP contribution in [0.25, 0.3) is 0 Å². The molecule has 0 spiro atoms. The van der Waals surface area contributed by atoms with E-state index < -0.39 is 22.5 Å². The lowest BCUT2D eigenvalue weighted by Crippen LogP contribution is -2.78. The minimum absolute atomic E-state index is 0.166. The molecule has 1 aliphatic heterocycles. The van der Waals surface area contributed by atoms with Crippen molar-refractivity contribution >= 4 is 22.5 Å². The van der Waals surface area contributed by atoms with E-state index in [-0.39, 0.29) is 5.60 Å². The fourth-order valence-electron chi connectivity index (χ4n) is 6.16. The van der Waals surface area contributed by atoms with E-state index in [1.54, 1.807) is 0 Å². The molecule has 31 heavy (non-hydrogen) atoms. The third kappa shape index (κ3) is 8.72. The van der Waals surface area contributed by atoms with E-state index in [1.165, 1.54) is 102 Å². The summed E-state index contributed by atoms with van der Waals surface area (Å²) in [6.45, 7) is 23.2. The van der Waals surface area contributed by atoms with Gasteiger partial charge in [0.15, 0.2) is 7.83 Å². The Balaban J connectivity index is 2.76. The van der Waals surface area contributed by atoms with E-state index in [9.17, 15) is 0 Å². The highest BCUT2D eigenvalue weighted by molar-refractivity contribution is 7.67. The van der Waals surface area contributed by atoms with Crippen LogP contribution in [0.4, 0.5) is 0 Å². The van der Waals surface area contributed by atoms with Crippen molar-refractivity contribution in [3.63, 3.8) is 0 Å². The number of hydrogen-bond donors (Lipinski definition) is 0. The molecule has 186 valence electrons. The molecule has 1 rings (SSSR count). The topological polar surface area (TPSA) is 9.23 Å². The van der Waals surface area contributed by atoms with Gasteiger partial charge >= 0.3 is 0 Å². The van der Waals surface area contributed by atoms with Crippen molar-refractivity contribution in [2.24, 2.45) is 5.92 Å². The summed E-state index contributed by atoms with van der Waals surface area (Å²) >= 11 is 0. The highest BCUT2D eigenvalue weighted by atomic mass is 29.6. The maximum Gasteiger partial charge on any atom is 0.172 e. The van der Waals surface area contributed by atoms with Crippen molar-refractivity contribution in [1.82, 2.24) is 0 Å². The smallest absolute Gasteiger partial charge is 0.172 e. The molecular formula is C27H60OSi3. The van der Waals surface area contributed by atoms with Gasteiger partial charge in [-0.1, -0.05) is 124 Å². The molecule has 0 saturated carbocycles. The SMILES string of the molecule is CCCCCCCCCC(CCCCCCCC)C1(C)C[Si](C)(C)[Si](C)(C)[Si](C)(C)O1. The van der Waals surface area contributed by atoms with E-state index in [4.69, 9.17) is 4.43 Å². The van der Waals surface area contributed by atoms with Crippen molar-refractivity contribution in [2.75, 3.05) is 0 Å². The van der Waals surface area contributed by atoms with E-state index in [0.29, 0.717) is 0 Å². The molecule has 1 saturated heterocycles. The quantitative estimate of drug-likeness (QED) is 0.156. The van der Waals surface area contributed by atoms with Crippen LogP contribution in [-0.2, 0) is 4.43 Å². The maximum absolute atomic E-state index is 7.32. The average Bonchev–Trinajstić information content (AvgIpc) is 2.66. The summed E-state index contributed by atoms with van der Waals surface area (Å²) in [4.78, 5) is 0. The summed E-state index contributed by atoms with van der Waals surface area (Å²) in [5.41, 5.74) is 0.166. The van der Waals surface area contributed by atoms with Crippen molar-refractivity contribution in [2.45, 2.75) is 168 Å². The molecule has 2 unspecified atom stereocenters. The van der Waals surface area contributed by atoms with Crippen LogP contribution in [0.2, 0.25) is 45.3 Å². The Hall–Kier alpha value is 0.611. The van der Waals surface area contributed by atoms with Crippen LogP contribution in [0.15, 0.2) is 0 Å². The van der Waals surface area contributed by atoms with Crippen LogP contribution in [-0.4, -0.2) is 28.1 Å². The van der Waals surface area contributed by atoms with Gasteiger partial charge in [0, 0.05) is 7.59 Å². The molecule has 4 heteroatoms. The van der Waals surface area contributed by atoms with Gasteiger partial charge in [-0.15, -0.1) is 0 Å². The van der Waals surface area contributed by atoms with Crippen molar-refractivity contribution < 1.29 is 4.43 Å². The molecule has 0 aromatic rings. The predicted octanol–water partition coefficient (Wildman–Crippen LogP) is 10.1. The Morgan fingerprint density at radius 2 is 1.03 bits per heavy atom. The van der Waals surface area contributed by atoms with Crippen LogP contribution in [0.3, 0.4) is 0 Å². The van der Waals surface area contributed by atoms with E-state index in [0.717, 1.165) is 5.92 Å². The molecule has 0 radical (unpaired) electrons. The molecule has 0 bridgehead atoms. The fraction of sp³-hybridized carbons (Fsp3) is 1.00. The van der Waals surface area contributed by atoms with Crippen LogP contribution in [0, 0.1) is 5.92 Å². The Morgan fingerprint density at radius 1 is 0.645 bits per heavy atom. The van der Waals surface area contributed by atoms with Gasteiger partial charge in [-0.3, -0.25) is 0 Å². The van der Waals surface area contributed by atoms with Crippen LogP contribution in [0.5, 0.6) is 0 Å². The molecule has 0 aromatic carbocycles. The molecule has 1 aliphatic rings. The first kappa shape index (κ1) is 29.6. The summed E-state index contributed by atoms with van der Waals surface area (Å²) in [6.07, 6.45) is 21.3. The lowest BCUT2D eigenvalue weighted by atomic mass is 9.82. The number of hydrogen-bond acceptors (Lipinski definition) is 1. The van der Waals surface area contributed by atoms with E-state index in [1.807, 2.05) is 0 Å². The number of unbranched alkanes of at least 4 members (excludes halogenated alkanes) is 11. The summed E-state index contributed by atoms with van der Waals surface area (Å²) in [6, 6.07) is 1.42. The molecule has 2 atom stereocenters. The summed E-state index contributed by atoms with van der Waals surface area (Å²) in [7, 11) is -4.03. The zero-order chi connectivity index (χ0) is 23.6. The molecule has 0 aliphatic carbocycles. The third-order valence-corrected chi connectivity index (χ3v) is 49.9. The Morgan fingerprint density at radius 3 is 1.42 bits per heavy atom. The minimum Gasteiger partial charge on any atom is -0.415 e. The number of rotatable bonds is 16. The molecule has 1 nitrogen and oxygen atoms in total. The Kier molecular flexibility index (Phi) is 12.9. The van der Waals surface area contributed by atoms with Crippen molar-refractivity contribution in [1.29, 1.82) is 0 Å². The normalized spacial score (nSPS) is 25.5. The minimum atomic E-state index is -1.59. The van der Waals surface area contributed by atoms with Gasteiger partial charge in [-0.05, 0) is 44.8 Å². The van der Waals surface area contributed by atoms with Crippen LogP contribution >= 0.6 is 0 Å². The lowest BCUT2D eigenvalue weighted by Gasteiger charge is -2.60. The van der Waals surface area contributed by atoms with Crippen LogP contribution in [0.1, 0.15) is 117 Å². The summed E-state index contributed by atoms with van der Waals surface area (Å²) < 4.78 is 7.32. The average molecular weight is 485 g/mol. The fourth-order valence-corrected chi connectivity index (χ4v) is 36.8. The van der Waals surface area contributed by atoms with E-state index >= 15 is 0 Å². The second-order valence-corrected chi connectivity index (χ2v) is 40.0. The van der Waals surface area contributed by atoms with Gasteiger partial charge in [0.25, 0.3) is 0 Å². The van der Waals surface area contributed by atoms with Gasteiger partial charge in [0.2, 0.25) is 0 Å². The third-order valence-electron chi connectivity index (χ3n) is 9.40. The van der Waals surface area contributed by atoms with Crippen molar-refractivity contribution in [3.05, 3.63) is 0 Å². The molecule has 0 aromatic heterocycles. The van der Waals surface area contributed by atoms with Gasteiger partial charge in [-0.25, -0.2) is 0 Å². The van der Waals surface area contributed by atoms with Crippen molar-refractivity contribution in [3.8, 4) is 0 Å². The Labute approximate surface area is 200 Å². The zero-order valence-electron chi connectivity index (χ0n) is 23.3. The molecule has 0 N–H and O–H groups in total. The first-order chi connectivity index (χ1) is 14.4. The van der Waals surface area contributed by atoms with Gasteiger partial charge in [0.1, 0.15) is 0 Å². The second-order valence-electron chi connectivity index (χ2n) is 12.8. The van der Waals surface area contributed by atoms with Gasteiger partial charge < -0.3 is 4.43 Å².